The zero-order valence-electron chi connectivity index (χ0n) is 14.9. The van der Waals surface area contributed by atoms with Gasteiger partial charge in [-0.25, -0.2) is 4.79 Å². The van der Waals surface area contributed by atoms with Gasteiger partial charge in [-0.05, 0) is 49.3 Å². The number of carbonyl (C=O) groups excluding carboxylic acids is 1. The third-order valence-corrected chi connectivity index (χ3v) is 5.00. The number of carbonyl (C=O) groups is 1. The highest BCUT2D eigenvalue weighted by molar-refractivity contribution is 5.89. The zero-order valence-corrected chi connectivity index (χ0v) is 14.9. The molecule has 1 aliphatic carbocycles. The average molecular weight is 318 g/mol. The molecule has 0 aliphatic heterocycles. The van der Waals surface area contributed by atoms with Crippen LogP contribution in [0.4, 0.5) is 0 Å². The predicted molar refractivity (Wildman–Crippen MR) is 92.6 cm³/mol. The van der Waals surface area contributed by atoms with Gasteiger partial charge in [0.15, 0.2) is 0 Å². The second kappa shape index (κ2) is 7.96. The monoisotopic (exact) mass is 318 g/mol. The second-order valence-electron chi connectivity index (χ2n) is 7.18. The van der Waals surface area contributed by atoms with Gasteiger partial charge in [0, 0.05) is 0 Å². The first kappa shape index (κ1) is 18.0. The van der Waals surface area contributed by atoms with E-state index in [1.54, 1.807) is 6.92 Å². The van der Waals surface area contributed by atoms with Crippen LogP contribution < -0.4 is 0 Å². The molecule has 1 atom stereocenters. The minimum atomic E-state index is -0.489. The Labute approximate surface area is 140 Å². The molecule has 1 aromatic carbocycles. The minimum Gasteiger partial charge on any atom is -0.432 e. The molecular weight excluding hydrogens is 288 g/mol. The summed E-state index contributed by atoms with van der Waals surface area (Å²) in [7, 11) is 0. The number of hydrogen-bond donors (Lipinski definition) is 0. The molecule has 2 rings (SSSR count). The molecule has 23 heavy (non-hydrogen) atoms. The SMILES string of the molecule is CCC(C)(C)c1ccc(C(=O)OC(C)OC2CCCCC2)cc1. The Hall–Kier alpha value is -1.35. The molecule has 1 fully saturated rings. The molecule has 1 aromatic rings. The van der Waals surface area contributed by atoms with Crippen molar-refractivity contribution in [3.05, 3.63) is 35.4 Å². The lowest BCUT2D eigenvalue weighted by molar-refractivity contribution is -0.137. The van der Waals surface area contributed by atoms with E-state index >= 15 is 0 Å². The van der Waals surface area contributed by atoms with Gasteiger partial charge in [0.05, 0.1) is 11.7 Å². The molecule has 0 N–H and O–H groups in total. The standard InChI is InChI=1S/C20H30O3/c1-5-20(3,4)17-13-11-16(12-14-17)19(21)23-15(2)22-18-9-7-6-8-10-18/h11-15,18H,5-10H2,1-4H3. The van der Waals surface area contributed by atoms with Crippen LogP contribution >= 0.6 is 0 Å². The van der Waals surface area contributed by atoms with Gasteiger partial charge in [0.1, 0.15) is 0 Å². The summed E-state index contributed by atoms with van der Waals surface area (Å²) in [6, 6.07) is 7.74. The molecule has 0 spiro atoms. The normalized spacial score (nSPS) is 17.7. The van der Waals surface area contributed by atoms with Crippen LogP contribution in [0.5, 0.6) is 0 Å². The molecule has 0 heterocycles. The van der Waals surface area contributed by atoms with Crippen LogP contribution in [0, 0.1) is 0 Å². The van der Waals surface area contributed by atoms with E-state index in [4.69, 9.17) is 9.47 Å². The number of rotatable bonds is 6. The van der Waals surface area contributed by atoms with Crippen molar-refractivity contribution in [3.8, 4) is 0 Å². The van der Waals surface area contributed by atoms with Crippen molar-refractivity contribution >= 4 is 5.97 Å². The third-order valence-electron chi connectivity index (χ3n) is 5.00. The number of benzene rings is 1. The molecule has 0 radical (unpaired) electrons. The van der Waals surface area contributed by atoms with Crippen LogP contribution in [-0.4, -0.2) is 18.4 Å². The van der Waals surface area contributed by atoms with Crippen LogP contribution in [0.25, 0.3) is 0 Å². The van der Waals surface area contributed by atoms with Gasteiger partial charge < -0.3 is 9.47 Å². The Balaban J connectivity index is 1.89. The maximum atomic E-state index is 12.2. The highest BCUT2D eigenvalue weighted by Gasteiger charge is 2.21. The average Bonchev–Trinajstić information content (AvgIpc) is 2.55. The van der Waals surface area contributed by atoms with Gasteiger partial charge >= 0.3 is 5.97 Å². The fourth-order valence-corrected chi connectivity index (χ4v) is 2.98. The van der Waals surface area contributed by atoms with E-state index in [1.165, 1.54) is 24.8 Å². The molecule has 3 nitrogen and oxygen atoms in total. The van der Waals surface area contributed by atoms with Crippen LogP contribution in [0.1, 0.15) is 82.1 Å². The van der Waals surface area contributed by atoms with Gasteiger partial charge in [-0.2, -0.15) is 0 Å². The summed E-state index contributed by atoms with van der Waals surface area (Å²) in [5.74, 6) is -0.311. The molecule has 0 saturated heterocycles. The highest BCUT2D eigenvalue weighted by Crippen LogP contribution is 2.27. The summed E-state index contributed by atoms with van der Waals surface area (Å²) in [5.41, 5.74) is 1.95. The molecule has 0 bridgehead atoms. The van der Waals surface area contributed by atoms with Gasteiger partial charge in [-0.3, -0.25) is 0 Å². The van der Waals surface area contributed by atoms with E-state index in [0.717, 1.165) is 19.3 Å². The summed E-state index contributed by atoms with van der Waals surface area (Å²) in [6.45, 7) is 8.40. The largest absolute Gasteiger partial charge is 0.432 e. The lowest BCUT2D eigenvalue weighted by atomic mass is 9.82. The summed E-state index contributed by atoms with van der Waals surface area (Å²) in [5, 5.41) is 0. The molecule has 1 aliphatic rings. The predicted octanol–water partition coefficient (Wildman–Crippen LogP) is 5.23. The molecule has 1 unspecified atom stereocenters. The quantitative estimate of drug-likeness (QED) is 0.532. The fourth-order valence-electron chi connectivity index (χ4n) is 2.98. The van der Waals surface area contributed by atoms with Crippen molar-refractivity contribution in [2.45, 2.75) is 84.0 Å². The van der Waals surface area contributed by atoms with Gasteiger partial charge in [-0.1, -0.05) is 52.2 Å². The fraction of sp³-hybridized carbons (Fsp3) is 0.650. The minimum absolute atomic E-state index is 0.125. The Morgan fingerprint density at radius 2 is 1.78 bits per heavy atom. The smallest absolute Gasteiger partial charge is 0.340 e. The van der Waals surface area contributed by atoms with Crippen molar-refractivity contribution in [2.24, 2.45) is 0 Å². The summed E-state index contributed by atoms with van der Waals surface area (Å²) < 4.78 is 11.3. The van der Waals surface area contributed by atoms with Crippen molar-refractivity contribution in [1.29, 1.82) is 0 Å². The van der Waals surface area contributed by atoms with Crippen LogP contribution in [-0.2, 0) is 14.9 Å². The second-order valence-corrected chi connectivity index (χ2v) is 7.18. The maximum absolute atomic E-state index is 12.2. The van der Waals surface area contributed by atoms with Crippen molar-refractivity contribution in [1.82, 2.24) is 0 Å². The molecular formula is C20H30O3. The van der Waals surface area contributed by atoms with E-state index in [0.29, 0.717) is 5.56 Å². The van der Waals surface area contributed by atoms with Gasteiger partial charge in [-0.15, -0.1) is 0 Å². The van der Waals surface area contributed by atoms with E-state index < -0.39 is 6.29 Å². The lowest BCUT2D eigenvalue weighted by Gasteiger charge is -2.25. The maximum Gasteiger partial charge on any atom is 0.340 e. The Kier molecular flexibility index (Phi) is 6.23. The Morgan fingerprint density at radius 1 is 1.17 bits per heavy atom. The highest BCUT2D eigenvalue weighted by atomic mass is 16.7. The summed E-state index contributed by atoms with van der Waals surface area (Å²) >= 11 is 0. The van der Waals surface area contributed by atoms with Crippen molar-refractivity contribution < 1.29 is 14.3 Å². The molecule has 1 saturated carbocycles. The topological polar surface area (TPSA) is 35.5 Å². The van der Waals surface area contributed by atoms with Gasteiger partial charge in [0.25, 0.3) is 0 Å². The summed E-state index contributed by atoms with van der Waals surface area (Å²) in [4.78, 5) is 12.2. The summed E-state index contributed by atoms with van der Waals surface area (Å²) in [6.07, 6.45) is 6.65. The Morgan fingerprint density at radius 3 is 2.35 bits per heavy atom. The van der Waals surface area contributed by atoms with E-state index in [1.807, 2.05) is 24.3 Å². The van der Waals surface area contributed by atoms with Crippen LogP contribution in [0.3, 0.4) is 0 Å². The van der Waals surface area contributed by atoms with Gasteiger partial charge in [0.2, 0.25) is 6.29 Å². The van der Waals surface area contributed by atoms with Crippen LogP contribution in [0.15, 0.2) is 24.3 Å². The molecule has 0 aromatic heterocycles. The van der Waals surface area contributed by atoms with Crippen molar-refractivity contribution in [2.75, 3.05) is 0 Å². The number of ether oxygens (including phenoxy) is 2. The first-order valence-corrected chi connectivity index (χ1v) is 8.89. The molecule has 128 valence electrons. The van der Waals surface area contributed by atoms with E-state index in [2.05, 4.69) is 20.8 Å². The molecule has 0 amide bonds. The van der Waals surface area contributed by atoms with E-state index in [-0.39, 0.29) is 17.5 Å². The third kappa shape index (κ3) is 5.07. The molecule has 3 heteroatoms. The van der Waals surface area contributed by atoms with Crippen LogP contribution in [0.2, 0.25) is 0 Å². The van der Waals surface area contributed by atoms with Crippen molar-refractivity contribution in [3.63, 3.8) is 0 Å². The number of hydrogen-bond acceptors (Lipinski definition) is 3. The first-order chi connectivity index (χ1) is 10.9. The number of esters is 1. The zero-order chi connectivity index (χ0) is 16.9. The first-order valence-electron chi connectivity index (χ1n) is 8.89. The lowest BCUT2D eigenvalue weighted by Crippen LogP contribution is -2.26. The Bertz CT molecular complexity index is 498. The van der Waals surface area contributed by atoms with E-state index in [9.17, 15) is 4.79 Å².